The Balaban J connectivity index is 1.54. The van der Waals surface area contributed by atoms with Crippen molar-refractivity contribution < 1.29 is 9.53 Å². The highest BCUT2D eigenvalue weighted by molar-refractivity contribution is 9.10. The molecule has 2 aromatic carbocycles. The molecule has 1 N–H and O–H groups in total. The van der Waals surface area contributed by atoms with Crippen molar-refractivity contribution in [3.05, 3.63) is 59.3 Å². The standard InChI is InChI=1S/C15H12BrN5O2/c16-11-2-1-3-12(8-11)18-15(22)9-23-14-6-4-13(5-7-14)21-10-17-19-20-21/h1-8,10H,9H2,(H,18,22). The maximum absolute atomic E-state index is 11.9. The summed E-state index contributed by atoms with van der Waals surface area (Å²) in [5, 5.41) is 13.7. The van der Waals surface area contributed by atoms with E-state index in [4.69, 9.17) is 4.74 Å². The van der Waals surface area contributed by atoms with E-state index in [1.807, 2.05) is 24.3 Å². The Kier molecular flexibility index (Phi) is 4.62. The van der Waals surface area contributed by atoms with Crippen molar-refractivity contribution in [3.8, 4) is 11.4 Å². The topological polar surface area (TPSA) is 81.9 Å². The Morgan fingerprint density at radius 3 is 2.74 bits per heavy atom. The summed E-state index contributed by atoms with van der Waals surface area (Å²) in [6, 6.07) is 14.5. The predicted molar refractivity (Wildman–Crippen MR) is 87.4 cm³/mol. The molecule has 0 aliphatic rings. The number of carbonyl (C=O) groups excluding carboxylic acids is 1. The van der Waals surface area contributed by atoms with Crippen LogP contribution in [0.2, 0.25) is 0 Å². The number of carbonyl (C=O) groups is 1. The average molecular weight is 374 g/mol. The molecule has 0 bridgehead atoms. The fraction of sp³-hybridized carbons (Fsp3) is 0.0667. The summed E-state index contributed by atoms with van der Waals surface area (Å²) in [5.41, 5.74) is 1.52. The van der Waals surface area contributed by atoms with Gasteiger partial charge in [-0.05, 0) is 52.9 Å². The molecule has 3 rings (SSSR count). The Morgan fingerprint density at radius 2 is 2.04 bits per heavy atom. The van der Waals surface area contributed by atoms with Crippen molar-refractivity contribution >= 4 is 27.5 Å². The maximum Gasteiger partial charge on any atom is 0.262 e. The van der Waals surface area contributed by atoms with Gasteiger partial charge in [-0.3, -0.25) is 4.79 Å². The number of anilines is 1. The van der Waals surface area contributed by atoms with Crippen LogP contribution in [0.5, 0.6) is 5.75 Å². The van der Waals surface area contributed by atoms with E-state index in [0.29, 0.717) is 11.4 Å². The molecule has 1 aromatic heterocycles. The van der Waals surface area contributed by atoms with Crippen LogP contribution in [-0.4, -0.2) is 32.7 Å². The molecule has 0 aliphatic carbocycles. The van der Waals surface area contributed by atoms with Gasteiger partial charge in [-0.15, -0.1) is 5.10 Å². The number of amides is 1. The minimum absolute atomic E-state index is 0.0727. The quantitative estimate of drug-likeness (QED) is 0.742. The van der Waals surface area contributed by atoms with Crippen LogP contribution in [0, 0.1) is 0 Å². The molecule has 1 amide bonds. The summed E-state index contributed by atoms with van der Waals surface area (Å²) in [7, 11) is 0. The van der Waals surface area contributed by atoms with Crippen LogP contribution < -0.4 is 10.1 Å². The monoisotopic (exact) mass is 373 g/mol. The van der Waals surface area contributed by atoms with Crippen LogP contribution in [0.25, 0.3) is 5.69 Å². The highest BCUT2D eigenvalue weighted by Gasteiger charge is 2.05. The third-order valence-corrected chi connectivity index (χ3v) is 3.42. The van der Waals surface area contributed by atoms with Gasteiger partial charge in [0.05, 0.1) is 5.69 Å². The molecule has 0 radical (unpaired) electrons. The summed E-state index contributed by atoms with van der Waals surface area (Å²) in [4.78, 5) is 11.9. The smallest absolute Gasteiger partial charge is 0.262 e. The molecule has 0 atom stereocenters. The van der Waals surface area contributed by atoms with Gasteiger partial charge < -0.3 is 10.1 Å². The van der Waals surface area contributed by atoms with E-state index < -0.39 is 0 Å². The molecular weight excluding hydrogens is 362 g/mol. The first-order valence-electron chi connectivity index (χ1n) is 6.72. The van der Waals surface area contributed by atoms with Gasteiger partial charge in [0.15, 0.2) is 6.61 Å². The van der Waals surface area contributed by atoms with Crippen LogP contribution in [0.1, 0.15) is 0 Å². The molecule has 3 aromatic rings. The number of ether oxygens (including phenoxy) is 1. The maximum atomic E-state index is 11.9. The Bertz CT molecular complexity index is 790. The molecule has 0 fully saturated rings. The van der Waals surface area contributed by atoms with E-state index >= 15 is 0 Å². The summed E-state index contributed by atoms with van der Waals surface area (Å²) in [6.07, 6.45) is 1.50. The lowest BCUT2D eigenvalue weighted by Crippen LogP contribution is -2.20. The highest BCUT2D eigenvalue weighted by Crippen LogP contribution is 2.16. The normalized spacial score (nSPS) is 10.3. The van der Waals surface area contributed by atoms with E-state index in [9.17, 15) is 4.79 Å². The summed E-state index contributed by atoms with van der Waals surface area (Å²) < 4.78 is 7.89. The number of tetrazole rings is 1. The van der Waals surface area contributed by atoms with E-state index in [1.54, 1.807) is 24.3 Å². The number of hydrogen-bond donors (Lipinski definition) is 1. The Hall–Kier alpha value is -2.74. The second-order valence-corrected chi connectivity index (χ2v) is 5.51. The second-order valence-electron chi connectivity index (χ2n) is 4.60. The van der Waals surface area contributed by atoms with Gasteiger partial charge in [0, 0.05) is 10.2 Å². The van der Waals surface area contributed by atoms with Crippen LogP contribution in [0.3, 0.4) is 0 Å². The highest BCUT2D eigenvalue weighted by atomic mass is 79.9. The predicted octanol–water partition coefficient (Wildman–Crippen LogP) is 2.44. The summed E-state index contributed by atoms with van der Waals surface area (Å²) in [5.74, 6) is 0.360. The van der Waals surface area contributed by atoms with Crippen molar-refractivity contribution in [2.24, 2.45) is 0 Å². The average Bonchev–Trinajstić information content (AvgIpc) is 3.08. The van der Waals surface area contributed by atoms with Gasteiger partial charge in [-0.2, -0.15) is 0 Å². The van der Waals surface area contributed by atoms with Crippen LogP contribution in [0.15, 0.2) is 59.3 Å². The van der Waals surface area contributed by atoms with Gasteiger partial charge >= 0.3 is 0 Å². The largest absolute Gasteiger partial charge is 0.484 e. The van der Waals surface area contributed by atoms with E-state index in [-0.39, 0.29) is 12.5 Å². The number of rotatable bonds is 5. The van der Waals surface area contributed by atoms with Crippen molar-refractivity contribution in [2.75, 3.05) is 11.9 Å². The van der Waals surface area contributed by atoms with Gasteiger partial charge in [0.1, 0.15) is 12.1 Å². The summed E-state index contributed by atoms with van der Waals surface area (Å²) in [6.45, 7) is -0.0727. The SMILES string of the molecule is O=C(COc1ccc(-n2cnnn2)cc1)Nc1cccc(Br)c1. The Morgan fingerprint density at radius 1 is 1.22 bits per heavy atom. The van der Waals surface area contributed by atoms with E-state index in [1.165, 1.54) is 11.0 Å². The number of nitrogens with zero attached hydrogens (tertiary/aromatic N) is 4. The van der Waals surface area contributed by atoms with Crippen LogP contribution in [0.4, 0.5) is 5.69 Å². The molecule has 1 heterocycles. The first-order chi connectivity index (χ1) is 11.2. The molecule has 8 heteroatoms. The zero-order valence-electron chi connectivity index (χ0n) is 11.9. The van der Waals surface area contributed by atoms with Gasteiger partial charge in [0.25, 0.3) is 5.91 Å². The minimum atomic E-state index is -0.229. The first-order valence-corrected chi connectivity index (χ1v) is 7.52. The van der Waals surface area contributed by atoms with Crippen LogP contribution >= 0.6 is 15.9 Å². The van der Waals surface area contributed by atoms with Gasteiger partial charge in [-0.1, -0.05) is 22.0 Å². The lowest BCUT2D eigenvalue weighted by molar-refractivity contribution is -0.118. The first kappa shape index (κ1) is 15.2. The van der Waals surface area contributed by atoms with Crippen molar-refractivity contribution in [2.45, 2.75) is 0 Å². The van der Waals surface area contributed by atoms with Crippen molar-refractivity contribution in [1.82, 2.24) is 20.2 Å². The zero-order chi connectivity index (χ0) is 16.1. The van der Waals surface area contributed by atoms with E-state index in [0.717, 1.165) is 10.2 Å². The molecule has 7 nitrogen and oxygen atoms in total. The number of halogens is 1. The molecule has 116 valence electrons. The van der Waals surface area contributed by atoms with Gasteiger partial charge in [0.2, 0.25) is 0 Å². The Labute approximate surface area is 140 Å². The third kappa shape index (κ3) is 4.13. The lowest BCUT2D eigenvalue weighted by Gasteiger charge is -2.08. The third-order valence-electron chi connectivity index (χ3n) is 2.93. The molecule has 23 heavy (non-hydrogen) atoms. The molecule has 0 saturated carbocycles. The van der Waals surface area contributed by atoms with Gasteiger partial charge in [-0.25, -0.2) is 4.68 Å². The molecular formula is C15H12BrN5O2. The fourth-order valence-electron chi connectivity index (χ4n) is 1.89. The molecule has 0 spiro atoms. The molecule has 0 aliphatic heterocycles. The summed E-state index contributed by atoms with van der Waals surface area (Å²) >= 11 is 3.35. The zero-order valence-corrected chi connectivity index (χ0v) is 13.5. The molecule has 0 unspecified atom stereocenters. The fourth-order valence-corrected chi connectivity index (χ4v) is 2.29. The number of benzene rings is 2. The number of aromatic nitrogens is 4. The lowest BCUT2D eigenvalue weighted by atomic mass is 10.3. The minimum Gasteiger partial charge on any atom is -0.484 e. The van der Waals surface area contributed by atoms with Crippen molar-refractivity contribution in [3.63, 3.8) is 0 Å². The van der Waals surface area contributed by atoms with E-state index in [2.05, 4.69) is 36.8 Å². The van der Waals surface area contributed by atoms with Crippen molar-refractivity contribution in [1.29, 1.82) is 0 Å². The second kappa shape index (κ2) is 7.01. The van der Waals surface area contributed by atoms with Crippen LogP contribution in [-0.2, 0) is 4.79 Å². The number of hydrogen-bond acceptors (Lipinski definition) is 5. The number of nitrogens with one attached hydrogen (secondary N) is 1. The molecule has 0 saturated heterocycles.